The number of urea groups is 1. The average molecular weight is 327 g/mol. The van der Waals surface area contributed by atoms with E-state index in [4.69, 9.17) is 5.11 Å². The zero-order chi connectivity index (χ0) is 14.4. The number of hydrogen-bond donors (Lipinski definition) is 2. The van der Waals surface area contributed by atoms with Crippen molar-refractivity contribution in [1.29, 1.82) is 0 Å². The first-order valence-electron chi connectivity index (χ1n) is 5.69. The first kappa shape index (κ1) is 15.2. The average Bonchev–Trinajstić information content (AvgIpc) is 2.37. The SMILES string of the molecule is C=CCN(CC)C(=O)Nc1ccc(Br)cc1C(=O)O. The number of aromatic carboxylic acids is 1. The van der Waals surface area contributed by atoms with Gasteiger partial charge in [-0.1, -0.05) is 22.0 Å². The van der Waals surface area contributed by atoms with Gasteiger partial charge in [-0.3, -0.25) is 0 Å². The molecule has 0 fully saturated rings. The molecule has 6 heteroatoms. The fraction of sp³-hybridized carbons (Fsp3) is 0.231. The summed E-state index contributed by atoms with van der Waals surface area (Å²) in [5.74, 6) is -1.09. The van der Waals surface area contributed by atoms with E-state index in [1.54, 1.807) is 18.2 Å². The quantitative estimate of drug-likeness (QED) is 0.816. The van der Waals surface area contributed by atoms with E-state index in [0.717, 1.165) is 0 Å². The molecular formula is C13H15BrN2O3. The van der Waals surface area contributed by atoms with Crippen LogP contribution in [0.25, 0.3) is 0 Å². The Morgan fingerprint density at radius 3 is 2.74 bits per heavy atom. The van der Waals surface area contributed by atoms with Crippen molar-refractivity contribution >= 4 is 33.6 Å². The van der Waals surface area contributed by atoms with Crippen LogP contribution in [0.5, 0.6) is 0 Å². The van der Waals surface area contributed by atoms with E-state index in [-0.39, 0.29) is 17.3 Å². The molecule has 0 aliphatic heterocycles. The van der Waals surface area contributed by atoms with Crippen LogP contribution in [0.2, 0.25) is 0 Å². The fourth-order valence-corrected chi connectivity index (χ4v) is 1.87. The van der Waals surface area contributed by atoms with Crippen molar-refractivity contribution in [2.24, 2.45) is 0 Å². The molecule has 102 valence electrons. The van der Waals surface area contributed by atoms with Crippen molar-refractivity contribution in [2.45, 2.75) is 6.92 Å². The van der Waals surface area contributed by atoms with Gasteiger partial charge in [-0.2, -0.15) is 0 Å². The third kappa shape index (κ3) is 4.10. The van der Waals surface area contributed by atoms with Crippen LogP contribution in [0.15, 0.2) is 35.3 Å². The second-order valence-corrected chi connectivity index (χ2v) is 4.67. The van der Waals surface area contributed by atoms with Crippen molar-refractivity contribution in [2.75, 3.05) is 18.4 Å². The number of anilines is 1. The highest BCUT2D eigenvalue weighted by molar-refractivity contribution is 9.10. The minimum Gasteiger partial charge on any atom is -0.478 e. The number of carboxylic acid groups (broad SMARTS) is 1. The molecule has 2 amide bonds. The lowest BCUT2D eigenvalue weighted by Gasteiger charge is -2.20. The molecule has 1 aromatic rings. The molecule has 0 aliphatic carbocycles. The highest BCUT2D eigenvalue weighted by Gasteiger charge is 2.15. The monoisotopic (exact) mass is 326 g/mol. The maximum absolute atomic E-state index is 12.0. The van der Waals surface area contributed by atoms with Gasteiger partial charge in [-0.15, -0.1) is 6.58 Å². The second-order valence-electron chi connectivity index (χ2n) is 3.75. The third-order valence-electron chi connectivity index (χ3n) is 2.47. The van der Waals surface area contributed by atoms with E-state index in [2.05, 4.69) is 27.8 Å². The minimum atomic E-state index is -1.09. The Labute approximate surface area is 120 Å². The molecule has 5 nitrogen and oxygen atoms in total. The molecular weight excluding hydrogens is 312 g/mol. The molecule has 0 bridgehead atoms. The van der Waals surface area contributed by atoms with Gasteiger partial charge in [0, 0.05) is 17.6 Å². The van der Waals surface area contributed by atoms with E-state index in [0.29, 0.717) is 17.6 Å². The number of halogens is 1. The molecule has 0 unspecified atom stereocenters. The molecule has 0 aromatic heterocycles. The summed E-state index contributed by atoms with van der Waals surface area (Å²) in [4.78, 5) is 24.6. The normalized spacial score (nSPS) is 9.79. The van der Waals surface area contributed by atoms with Crippen molar-refractivity contribution in [1.82, 2.24) is 4.90 Å². The molecule has 0 heterocycles. The van der Waals surface area contributed by atoms with Gasteiger partial charge in [-0.05, 0) is 25.1 Å². The first-order valence-corrected chi connectivity index (χ1v) is 6.48. The Bertz CT molecular complexity index is 503. The van der Waals surface area contributed by atoms with E-state index in [9.17, 15) is 9.59 Å². The maximum Gasteiger partial charge on any atom is 0.337 e. The van der Waals surface area contributed by atoms with Crippen LogP contribution >= 0.6 is 15.9 Å². The summed E-state index contributed by atoms with van der Waals surface area (Å²) in [7, 11) is 0. The van der Waals surface area contributed by atoms with Crippen LogP contribution in [0.3, 0.4) is 0 Å². The Morgan fingerprint density at radius 2 is 2.21 bits per heavy atom. The largest absolute Gasteiger partial charge is 0.478 e. The zero-order valence-electron chi connectivity index (χ0n) is 10.5. The molecule has 0 spiro atoms. The smallest absolute Gasteiger partial charge is 0.337 e. The first-order chi connectivity index (χ1) is 8.99. The number of hydrogen-bond acceptors (Lipinski definition) is 2. The number of carbonyl (C=O) groups excluding carboxylic acids is 1. The van der Waals surface area contributed by atoms with Gasteiger partial charge < -0.3 is 15.3 Å². The van der Waals surface area contributed by atoms with Gasteiger partial charge in [0.25, 0.3) is 0 Å². The Morgan fingerprint density at radius 1 is 1.53 bits per heavy atom. The number of benzene rings is 1. The van der Waals surface area contributed by atoms with Gasteiger partial charge in [0.05, 0.1) is 11.3 Å². The maximum atomic E-state index is 12.0. The van der Waals surface area contributed by atoms with Crippen LogP contribution < -0.4 is 5.32 Å². The summed E-state index contributed by atoms with van der Waals surface area (Å²) >= 11 is 3.20. The topological polar surface area (TPSA) is 69.6 Å². The number of amides is 2. The zero-order valence-corrected chi connectivity index (χ0v) is 12.1. The summed E-state index contributed by atoms with van der Waals surface area (Å²) in [6, 6.07) is 4.31. The lowest BCUT2D eigenvalue weighted by Crippen LogP contribution is -2.35. The predicted molar refractivity (Wildman–Crippen MR) is 77.6 cm³/mol. The Balaban J connectivity index is 2.95. The van der Waals surface area contributed by atoms with Crippen LogP contribution in [-0.4, -0.2) is 35.1 Å². The number of carbonyl (C=O) groups is 2. The number of carboxylic acids is 1. The van der Waals surface area contributed by atoms with Gasteiger partial charge in [0.15, 0.2) is 0 Å². The van der Waals surface area contributed by atoms with E-state index >= 15 is 0 Å². The van der Waals surface area contributed by atoms with Gasteiger partial charge in [-0.25, -0.2) is 9.59 Å². The molecule has 0 saturated heterocycles. The number of nitrogens with one attached hydrogen (secondary N) is 1. The van der Waals surface area contributed by atoms with Crippen molar-refractivity contribution < 1.29 is 14.7 Å². The van der Waals surface area contributed by atoms with Crippen LogP contribution in [0, 0.1) is 0 Å². The Kier molecular flexibility index (Phi) is 5.57. The van der Waals surface area contributed by atoms with Crippen LogP contribution in [0.1, 0.15) is 17.3 Å². The minimum absolute atomic E-state index is 0.0392. The van der Waals surface area contributed by atoms with E-state index in [1.807, 2.05) is 6.92 Å². The predicted octanol–water partition coefficient (Wildman–Crippen LogP) is 3.19. The molecule has 0 atom stereocenters. The summed E-state index contributed by atoms with van der Waals surface area (Å²) in [5, 5.41) is 11.7. The third-order valence-corrected chi connectivity index (χ3v) is 2.97. The Hall–Kier alpha value is -1.82. The fourth-order valence-electron chi connectivity index (χ4n) is 1.51. The van der Waals surface area contributed by atoms with Gasteiger partial charge >= 0.3 is 12.0 Å². The highest BCUT2D eigenvalue weighted by Crippen LogP contribution is 2.21. The van der Waals surface area contributed by atoms with Gasteiger partial charge in [0.2, 0.25) is 0 Å². The molecule has 1 aromatic carbocycles. The lowest BCUT2D eigenvalue weighted by atomic mass is 10.2. The van der Waals surface area contributed by atoms with Crippen LogP contribution in [-0.2, 0) is 0 Å². The second kappa shape index (κ2) is 6.94. The van der Waals surface area contributed by atoms with E-state index < -0.39 is 5.97 Å². The standard InChI is InChI=1S/C13H15BrN2O3/c1-3-7-16(4-2)13(19)15-11-6-5-9(14)8-10(11)12(17)18/h3,5-6,8H,1,4,7H2,2H3,(H,15,19)(H,17,18). The van der Waals surface area contributed by atoms with Gasteiger partial charge in [0.1, 0.15) is 0 Å². The summed E-state index contributed by atoms with van der Waals surface area (Å²) in [6.07, 6.45) is 1.61. The number of likely N-dealkylation sites (N-methyl/N-ethyl adjacent to an activating group) is 1. The summed E-state index contributed by atoms with van der Waals surface area (Å²) in [5.41, 5.74) is 0.306. The molecule has 1 rings (SSSR count). The molecule has 2 N–H and O–H groups in total. The van der Waals surface area contributed by atoms with Crippen molar-refractivity contribution in [3.05, 3.63) is 40.9 Å². The molecule has 0 radical (unpaired) electrons. The number of nitrogens with zero attached hydrogens (tertiary/aromatic N) is 1. The highest BCUT2D eigenvalue weighted by atomic mass is 79.9. The number of rotatable bonds is 5. The van der Waals surface area contributed by atoms with Crippen molar-refractivity contribution in [3.8, 4) is 0 Å². The van der Waals surface area contributed by atoms with Crippen LogP contribution in [0.4, 0.5) is 10.5 Å². The molecule has 0 aliphatic rings. The lowest BCUT2D eigenvalue weighted by molar-refractivity contribution is 0.0698. The summed E-state index contributed by atoms with van der Waals surface area (Å²) < 4.78 is 0.640. The molecule has 19 heavy (non-hydrogen) atoms. The molecule has 0 saturated carbocycles. The van der Waals surface area contributed by atoms with E-state index in [1.165, 1.54) is 11.0 Å². The van der Waals surface area contributed by atoms with Crippen molar-refractivity contribution in [3.63, 3.8) is 0 Å². The summed E-state index contributed by atoms with van der Waals surface area (Å²) in [6.45, 7) is 6.32.